The van der Waals surface area contributed by atoms with Gasteiger partial charge in [0, 0.05) is 11.6 Å². The summed E-state index contributed by atoms with van der Waals surface area (Å²) in [6, 6.07) is 19.5. The van der Waals surface area contributed by atoms with Crippen LogP contribution < -0.4 is 0 Å². The van der Waals surface area contributed by atoms with E-state index in [-0.39, 0.29) is 11.4 Å². The van der Waals surface area contributed by atoms with Gasteiger partial charge in [-0.25, -0.2) is 8.42 Å². The van der Waals surface area contributed by atoms with Gasteiger partial charge in [-0.05, 0) is 52.9 Å². The van der Waals surface area contributed by atoms with Crippen molar-refractivity contribution in [3.05, 3.63) is 88.9 Å². The Balaban J connectivity index is 1.69. The molecule has 0 bridgehead atoms. The summed E-state index contributed by atoms with van der Waals surface area (Å²) in [5.41, 5.74) is 3.14. The molecule has 0 spiro atoms. The molecule has 0 radical (unpaired) electrons. The largest absolute Gasteiger partial charge is 0.480 e. The van der Waals surface area contributed by atoms with Crippen LogP contribution >= 0.6 is 11.6 Å². The lowest BCUT2D eigenvalue weighted by atomic mass is 9.94. The second-order valence-corrected chi connectivity index (χ2v) is 9.16. The molecule has 29 heavy (non-hydrogen) atoms. The minimum atomic E-state index is -3.97. The number of benzene rings is 3. The van der Waals surface area contributed by atoms with Crippen LogP contribution in [0.5, 0.6) is 0 Å². The van der Waals surface area contributed by atoms with Crippen LogP contribution in [0.15, 0.2) is 77.7 Å². The van der Waals surface area contributed by atoms with E-state index in [1.807, 2.05) is 24.3 Å². The number of sulfonamides is 1. The summed E-state index contributed by atoms with van der Waals surface area (Å²) in [5, 5.41) is 10.4. The summed E-state index contributed by atoms with van der Waals surface area (Å²) >= 11 is 5.91. The average Bonchev–Trinajstić information content (AvgIpc) is 2.73. The van der Waals surface area contributed by atoms with Gasteiger partial charge in [0.25, 0.3) is 0 Å². The van der Waals surface area contributed by atoms with Gasteiger partial charge >= 0.3 is 5.97 Å². The minimum Gasteiger partial charge on any atom is -0.480 e. The number of hydrogen-bond donors (Lipinski definition) is 1. The first-order valence-electron chi connectivity index (χ1n) is 9.06. The zero-order valence-electron chi connectivity index (χ0n) is 15.3. The standard InChI is InChI=1S/C22H18ClNO4S/c23-18-9-5-15(6-10-18)16-7-11-19(12-8-16)29(27,28)24-14-13-17-3-1-2-4-20(17)21(24)22(25)26/h1-12,21H,13-14H2,(H,25,26)/t21-/m1/s1. The lowest BCUT2D eigenvalue weighted by Gasteiger charge is -2.33. The van der Waals surface area contributed by atoms with Crippen LogP contribution in [-0.4, -0.2) is 30.3 Å². The zero-order valence-corrected chi connectivity index (χ0v) is 16.9. The molecule has 3 aromatic rings. The molecule has 0 saturated heterocycles. The summed E-state index contributed by atoms with van der Waals surface area (Å²) in [7, 11) is -3.97. The Hall–Kier alpha value is -2.67. The van der Waals surface area contributed by atoms with Gasteiger partial charge in [0.05, 0.1) is 4.90 Å². The molecular formula is C22H18ClNO4S. The number of halogens is 1. The van der Waals surface area contributed by atoms with Gasteiger partial charge in [-0.15, -0.1) is 0 Å². The molecule has 3 aromatic carbocycles. The molecule has 0 amide bonds. The monoisotopic (exact) mass is 427 g/mol. The van der Waals surface area contributed by atoms with Crippen LogP contribution in [0.4, 0.5) is 0 Å². The van der Waals surface area contributed by atoms with Crippen molar-refractivity contribution in [2.24, 2.45) is 0 Å². The maximum Gasteiger partial charge on any atom is 0.326 e. The first kappa shape index (κ1) is 19.6. The number of fused-ring (bicyclic) bond motifs is 1. The van der Waals surface area contributed by atoms with Gasteiger partial charge in [0.15, 0.2) is 0 Å². The van der Waals surface area contributed by atoms with E-state index >= 15 is 0 Å². The minimum absolute atomic E-state index is 0.0702. The highest BCUT2D eigenvalue weighted by Gasteiger charge is 2.40. The fourth-order valence-corrected chi connectivity index (χ4v) is 5.35. The summed E-state index contributed by atoms with van der Waals surface area (Å²) in [4.78, 5) is 12.0. The molecule has 4 rings (SSSR count). The van der Waals surface area contributed by atoms with Crippen molar-refractivity contribution < 1.29 is 18.3 Å². The molecule has 0 aromatic heterocycles. The molecule has 1 N–H and O–H groups in total. The molecule has 1 heterocycles. The fraction of sp³-hybridized carbons (Fsp3) is 0.136. The number of carbonyl (C=O) groups is 1. The molecular weight excluding hydrogens is 410 g/mol. The maximum atomic E-state index is 13.2. The lowest BCUT2D eigenvalue weighted by molar-refractivity contribution is -0.142. The first-order chi connectivity index (χ1) is 13.9. The number of rotatable bonds is 4. The Morgan fingerprint density at radius 2 is 1.52 bits per heavy atom. The summed E-state index contributed by atoms with van der Waals surface area (Å²) in [6.07, 6.45) is 0.474. The molecule has 0 unspecified atom stereocenters. The summed E-state index contributed by atoms with van der Waals surface area (Å²) in [6.45, 7) is 0.120. The Morgan fingerprint density at radius 3 is 2.14 bits per heavy atom. The van der Waals surface area contributed by atoms with Gasteiger partial charge in [0.2, 0.25) is 10.0 Å². The van der Waals surface area contributed by atoms with E-state index in [9.17, 15) is 18.3 Å². The van der Waals surface area contributed by atoms with E-state index in [0.29, 0.717) is 17.0 Å². The SMILES string of the molecule is O=C(O)[C@H]1c2ccccc2CCN1S(=O)(=O)c1ccc(-c2ccc(Cl)cc2)cc1. The third-order valence-electron chi connectivity index (χ3n) is 5.11. The van der Waals surface area contributed by atoms with Crippen molar-refractivity contribution >= 4 is 27.6 Å². The van der Waals surface area contributed by atoms with E-state index in [1.165, 1.54) is 12.1 Å². The summed E-state index contributed by atoms with van der Waals surface area (Å²) in [5.74, 6) is -1.18. The number of hydrogen-bond acceptors (Lipinski definition) is 3. The van der Waals surface area contributed by atoms with Crippen LogP contribution in [-0.2, 0) is 21.2 Å². The van der Waals surface area contributed by atoms with Crippen LogP contribution in [0, 0.1) is 0 Å². The van der Waals surface area contributed by atoms with Crippen molar-refractivity contribution in [3.8, 4) is 11.1 Å². The molecule has 1 aliphatic heterocycles. The maximum absolute atomic E-state index is 13.2. The molecule has 0 aliphatic carbocycles. The Kier molecular flexibility index (Phi) is 5.17. The van der Waals surface area contributed by atoms with E-state index in [0.717, 1.165) is 21.0 Å². The van der Waals surface area contributed by atoms with Crippen molar-refractivity contribution in [2.75, 3.05) is 6.54 Å². The molecule has 0 fully saturated rings. The van der Waals surface area contributed by atoms with Crippen LogP contribution in [0.1, 0.15) is 17.2 Å². The molecule has 7 heteroatoms. The van der Waals surface area contributed by atoms with E-state index in [1.54, 1.807) is 36.4 Å². The topological polar surface area (TPSA) is 74.7 Å². The van der Waals surface area contributed by atoms with Gasteiger partial charge in [-0.3, -0.25) is 4.79 Å². The number of nitrogens with zero attached hydrogens (tertiary/aromatic N) is 1. The summed E-state index contributed by atoms with van der Waals surface area (Å²) < 4.78 is 27.6. The van der Waals surface area contributed by atoms with E-state index in [2.05, 4.69) is 0 Å². The highest BCUT2D eigenvalue weighted by molar-refractivity contribution is 7.89. The zero-order chi connectivity index (χ0) is 20.6. The third-order valence-corrected chi connectivity index (χ3v) is 7.24. The Morgan fingerprint density at radius 1 is 0.931 bits per heavy atom. The van der Waals surface area contributed by atoms with Crippen molar-refractivity contribution in [1.82, 2.24) is 4.31 Å². The molecule has 1 aliphatic rings. The first-order valence-corrected chi connectivity index (χ1v) is 10.9. The highest BCUT2D eigenvalue weighted by Crippen LogP contribution is 2.35. The van der Waals surface area contributed by atoms with Crippen molar-refractivity contribution in [1.29, 1.82) is 0 Å². The van der Waals surface area contributed by atoms with Gasteiger partial charge in [-0.1, -0.05) is 60.1 Å². The van der Waals surface area contributed by atoms with Crippen LogP contribution in [0.25, 0.3) is 11.1 Å². The average molecular weight is 428 g/mol. The third kappa shape index (κ3) is 3.67. The second-order valence-electron chi connectivity index (χ2n) is 6.84. The van der Waals surface area contributed by atoms with E-state index < -0.39 is 22.0 Å². The number of aliphatic carboxylic acids is 1. The lowest BCUT2D eigenvalue weighted by Crippen LogP contribution is -2.43. The van der Waals surface area contributed by atoms with Gasteiger partial charge in [0.1, 0.15) is 6.04 Å². The Bertz CT molecular complexity index is 1160. The van der Waals surface area contributed by atoms with Crippen LogP contribution in [0.2, 0.25) is 5.02 Å². The second kappa shape index (κ2) is 7.63. The smallest absolute Gasteiger partial charge is 0.326 e. The van der Waals surface area contributed by atoms with E-state index in [4.69, 9.17) is 11.6 Å². The van der Waals surface area contributed by atoms with Crippen molar-refractivity contribution in [2.45, 2.75) is 17.4 Å². The normalized spacial score (nSPS) is 16.9. The predicted molar refractivity (Wildman–Crippen MR) is 111 cm³/mol. The quantitative estimate of drug-likeness (QED) is 0.670. The predicted octanol–water partition coefficient (Wildman–Crippen LogP) is 4.38. The Labute approximate surface area is 174 Å². The number of carboxylic acid groups (broad SMARTS) is 1. The van der Waals surface area contributed by atoms with Gasteiger partial charge < -0.3 is 5.11 Å². The highest BCUT2D eigenvalue weighted by atomic mass is 35.5. The molecule has 1 atom stereocenters. The van der Waals surface area contributed by atoms with Crippen LogP contribution in [0.3, 0.4) is 0 Å². The molecule has 0 saturated carbocycles. The van der Waals surface area contributed by atoms with Gasteiger partial charge in [-0.2, -0.15) is 4.31 Å². The number of carboxylic acids is 1. The fourth-order valence-electron chi connectivity index (χ4n) is 3.66. The molecule has 148 valence electrons. The molecule has 5 nitrogen and oxygen atoms in total. The van der Waals surface area contributed by atoms with Crippen molar-refractivity contribution in [3.63, 3.8) is 0 Å².